The van der Waals surface area contributed by atoms with Crippen LogP contribution < -0.4 is 15.4 Å². The maximum atomic E-state index is 5.00. The van der Waals surface area contributed by atoms with Gasteiger partial charge >= 0.3 is 0 Å². The zero-order valence-electron chi connectivity index (χ0n) is 11.1. The minimum Gasteiger partial charge on any atom is -0.481 e. The quantitative estimate of drug-likeness (QED) is 0.475. The Morgan fingerprint density at radius 1 is 1.28 bits per heavy atom. The molecule has 1 aromatic rings. The number of ether oxygens (including phenoxy) is 1. The van der Waals surface area contributed by atoms with Crippen molar-refractivity contribution in [1.82, 2.24) is 15.6 Å². The minimum atomic E-state index is 0. The van der Waals surface area contributed by atoms with E-state index in [0.717, 1.165) is 24.6 Å². The highest BCUT2D eigenvalue weighted by molar-refractivity contribution is 14.0. The first-order valence-electron chi connectivity index (χ1n) is 5.81. The van der Waals surface area contributed by atoms with Crippen LogP contribution in [0.5, 0.6) is 5.88 Å². The molecule has 5 nitrogen and oxygen atoms in total. The highest BCUT2D eigenvalue weighted by Gasteiger charge is 1.97. The lowest BCUT2D eigenvalue weighted by atomic mass is 10.3. The van der Waals surface area contributed by atoms with Crippen LogP contribution in [0.4, 0.5) is 0 Å². The van der Waals surface area contributed by atoms with E-state index in [-0.39, 0.29) is 24.0 Å². The maximum absolute atomic E-state index is 5.00. The van der Waals surface area contributed by atoms with Gasteiger partial charge in [-0.3, -0.25) is 0 Å². The van der Waals surface area contributed by atoms with Gasteiger partial charge in [-0.1, -0.05) is 6.07 Å². The first-order chi connectivity index (χ1) is 8.30. The SMILES string of the molecule is CCNC(=NCc1ccc(OC)nc1)NCC.I. The zero-order valence-corrected chi connectivity index (χ0v) is 13.4. The third kappa shape index (κ3) is 6.04. The molecule has 0 radical (unpaired) electrons. The standard InChI is InChI=1S/C12H20N4O.HI/c1-4-13-12(14-5-2)16-9-10-6-7-11(17-3)15-8-10;/h6-8H,4-5,9H2,1-3H3,(H2,13,14,16);1H. The van der Waals surface area contributed by atoms with Crippen LogP contribution in [-0.2, 0) is 6.54 Å². The molecule has 0 atom stereocenters. The Kier molecular flexibility index (Phi) is 9.35. The van der Waals surface area contributed by atoms with Crippen LogP contribution in [-0.4, -0.2) is 31.1 Å². The van der Waals surface area contributed by atoms with Crippen LogP contribution in [0, 0.1) is 0 Å². The first-order valence-corrected chi connectivity index (χ1v) is 5.81. The van der Waals surface area contributed by atoms with E-state index in [4.69, 9.17) is 4.74 Å². The Morgan fingerprint density at radius 3 is 2.39 bits per heavy atom. The number of rotatable bonds is 5. The van der Waals surface area contributed by atoms with E-state index in [9.17, 15) is 0 Å². The number of pyridine rings is 1. The Morgan fingerprint density at radius 2 is 1.94 bits per heavy atom. The molecule has 0 aliphatic rings. The highest BCUT2D eigenvalue weighted by Crippen LogP contribution is 2.07. The molecule has 1 rings (SSSR count). The molecular weight excluding hydrogens is 343 g/mol. The molecule has 0 aromatic carbocycles. The van der Waals surface area contributed by atoms with Gasteiger partial charge in [-0.2, -0.15) is 0 Å². The Balaban J connectivity index is 0.00000289. The molecule has 0 saturated heterocycles. The number of methoxy groups -OCH3 is 1. The second-order valence-electron chi connectivity index (χ2n) is 3.43. The van der Waals surface area contributed by atoms with Crippen LogP contribution in [0.25, 0.3) is 0 Å². The lowest BCUT2D eigenvalue weighted by molar-refractivity contribution is 0.397. The first kappa shape index (κ1) is 16.9. The third-order valence-electron chi connectivity index (χ3n) is 2.11. The van der Waals surface area contributed by atoms with E-state index >= 15 is 0 Å². The normalized spacial score (nSPS) is 9.06. The second-order valence-corrected chi connectivity index (χ2v) is 3.43. The smallest absolute Gasteiger partial charge is 0.212 e. The van der Waals surface area contributed by atoms with Crippen LogP contribution >= 0.6 is 24.0 Å². The van der Waals surface area contributed by atoms with Gasteiger partial charge in [-0.25, -0.2) is 9.98 Å². The molecule has 1 aromatic heterocycles. The Labute approximate surface area is 125 Å². The molecule has 0 aliphatic carbocycles. The molecule has 0 aliphatic heterocycles. The van der Waals surface area contributed by atoms with Gasteiger partial charge < -0.3 is 15.4 Å². The van der Waals surface area contributed by atoms with Crippen molar-refractivity contribution >= 4 is 29.9 Å². The summed E-state index contributed by atoms with van der Waals surface area (Å²) in [4.78, 5) is 8.58. The van der Waals surface area contributed by atoms with Gasteiger partial charge in [0.25, 0.3) is 0 Å². The lowest BCUT2D eigenvalue weighted by Gasteiger charge is -2.08. The number of nitrogens with zero attached hydrogens (tertiary/aromatic N) is 2. The van der Waals surface area contributed by atoms with Crippen molar-refractivity contribution in [2.45, 2.75) is 20.4 Å². The average molecular weight is 364 g/mol. The molecule has 0 bridgehead atoms. The van der Waals surface area contributed by atoms with E-state index in [1.807, 2.05) is 26.0 Å². The number of halogens is 1. The van der Waals surface area contributed by atoms with Gasteiger partial charge in [0, 0.05) is 25.4 Å². The van der Waals surface area contributed by atoms with E-state index in [1.54, 1.807) is 13.3 Å². The number of hydrogen-bond acceptors (Lipinski definition) is 3. The molecule has 0 amide bonds. The third-order valence-corrected chi connectivity index (χ3v) is 2.11. The van der Waals surface area contributed by atoms with Crippen LogP contribution in [0.2, 0.25) is 0 Å². The lowest BCUT2D eigenvalue weighted by Crippen LogP contribution is -2.36. The fourth-order valence-corrected chi connectivity index (χ4v) is 1.30. The van der Waals surface area contributed by atoms with Crippen molar-refractivity contribution in [3.63, 3.8) is 0 Å². The summed E-state index contributed by atoms with van der Waals surface area (Å²) >= 11 is 0. The van der Waals surface area contributed by atoms with Crippen LogP contribution in [0.3, 0.4) is 0 Å². The predicted octanol–water partition coefficient (Wildman–Crippen LogP) is 1.78. The van der Waals surface area contributed by atoms with E-state index in [0.29, 0.717) is 12.4 Å². The summed E-state index contributed by atoms with van der Waals surface area (Å²) in [7, 11) is 1.61. The minimum absolute atomic E-state index is 0. The van der Waals surface area contributed by atoms with Gasteiger partial charge in [-0.05, 0) is 19.4 Å². The molecular formula is C12H21IN4O. The zero-order chi connectivity index (χ0) is 12.5. The van der Waals surface area contributed by atoms with Crippen LogP contribution in [0.15, 0.2) is 23.3 Å². The summed E-state index contributed by atoms with van der Waals surface area (Å²) < 4.78 is 5.00. The topological polar surface area (TPSA) is 58.5 Å². The van der Waals surface area contributed by atoms with Gasteiger partial charge in [0.15, 0.2) is 5.96 Å². The van der Waals surface area contributed by atoms with Crippen molar-refractivity contribution in [1.29, 1.82) is 0 Å². The van der Waals surface area contributed by atoms with Crippen molar-refractivity contribution in [3.05, 3.63) is 23.9 Å². The summed E-state index contributed by atoms with van der Waals surface area (Å²) in [5.41, 5.74) is 1.05. The summed E-state index contributed by atoms with van der Waals surface area (Å²) in [6.45, 7) is 6.40. The monoisotopic (exact) mass is 364 g/mol. The van der Waals surface area contributed by atoms with E-state index in [1.165, 1.54) is 0 Å². The van der Waals surface area contributed by atoms with Crippen molar-refractivity contribution in [2.24, 2.45) is 4.99 Å². The number of aliphatic imine (C=N–C) groups is 1. The van der Waals surface area contributed by atoms with Gasteiger partial charge in [0.1, 0.15) is 0 Å². The van der Waals surface area contributed by atoms with E-state index < -0.39 is 0 Å². The number of nitrogens with one attached hydrogen (secondary N) is 2. The predicted molar refractivity (Wildman–Crippen MR) is 84.7 cm³/mol. The summed E-state index contributed by atoms with van der Waals surface area (Å²) in [5.74, 6) is 1.45. The summed E-state index contributed by atoms with van der Waals surface area (Å²) in [6, 6.07) is 3.80. The maximum Gasteiger partial charge on any atom is 0.212 e. The largest absolute Gasteiger partial charge is 0.481 e. The summed E-state index contributed by atoms with van der Waals surface area (Å²) in [5, 5.41) is 6.34. The van der Waals surface area contributed by atoms with Crippen molar-refractivity contribution < 1.29 is 4.74 Å². The molecule has 0 unspecified atom stereocenters. The highest BCUT2D eigenvalue weighted by atomic mass is 127. The van der Waals surface area contributed by atoms with Crippen molar-refractivity contribution in [3.8, 4) is 5.88 Å². The summed E-state index contributed by atoms with van der Waals surface area (Å²) in [6.07, 6.45) is 1.78. The fraction of sp³-hybridized carbons (Fsp3) is 0.500. The molecule has 0 fully saturated rings. The fourth-order valence-electron chi connectivity index (χ4n) is 1.30. The van der Waals surface area contributed by atoms with Crippen LogP contribution in [0.1, 0.15) is 19.4 Å². The number of aromatic nitrogens is 1. The van der Waals surface area contributed by atoms with Crippen molar-refractivity contribution in [2.75, 3.05) is 20.2 Å². The molecule has 6 heteroatoms. The average Bonchev–Trinajstić information content (AvgIpc) is 2.37. The number of guanidine groups is 1. The van der Waals surface area contributed by atoms with Gasteiger partial charge in [0.05, 0.1) is 13.7 Å². The number of hydrogen-bond donors (Lipinski definition) is 2. The van der Waals surface area contributed by atoms with Gasteiger partial charge in [-0.15, -0.1) is 24.0 Å². The molecule has 0 saturated carbocycles. The van der Waals surface area contributed by atoms with Gasteiger partial charge in [0.2, 0.25) is 5.88 Å². The van der Waals surface area contributed by atoms with E-state index in [2.05, 4.69) is 20.6 Å². The molecule has 18 heavy (non-hydrogen) atoms. The Hall–Kier alpha value is -1.05. The molecule has 0 spiro atoms. The molecule has 2 N–H and O–H groups in total. The Bertz CT molecular complexity index is 346. The molecule has 102 valence electrons. The second kappa shape index (κ2) is 9.93. The molecule has 1 heterocycles.